The Kier molecular flexibility index (Phi) is 8.56. The van der Waals surface area contributed by atoms with Gasteiger partial charge in [-0.05, 0) is 51.1 Å². The van der Waals surface area contributed by atoms with Gasteiger partial charge >= 0.3 is 0 Å². The van der Waals surface area contributed by atoms with Gasteiger partial charge in [0.1, 0.15) is 0 Å². The number of ether oxygens (including phenoxy) is 1. The molecule has 1 unspecified atom stereocenters. The smallest absolute Gasteiger partial charge is 0.0466 e. The highest BCUT2D eigenvalue weighted by atomic mass is 16.5. The predicted octanol–water partition coefficient (Wildman–Crippen LogP) is 3.97. The van der Waals surface area contributed by atoms with Crippen LogP contribution < -0.4 is 5.32 Å². The molecule has 0 aliphatic rings. The summed E-state index contributed by atoms with van der Waals surface area (Å²) in [6, 6.07) is 9.45. The molecule has 1 atom stereocenters. The molecule has 0 fully saturated rings. The first kappa shape index (κ1) is 17.2. The van der Waals surface area contributed by atoms with Crippen molar-refractivity contribution in [2.75, 3.05) is 19.8 Å². The van der Waals surface area contributed by atoms with Crippen molar-refractivity contribution in [2.45, 2.75) is 53.0 Å². The van der Waals surface area contributed by atoms with E-state index >= 15 is 0 Å². The van der Waals surface area contributed by atoms with Gasteiger partial charge in [0.05, 0.1) is 0 Å². The first-order valence-corrected chi connectivity index (χ1v) is 7.98. The fourth-order valence-corrected chi connectivity index (χ4v) is 2.47. The normalized spacial score (nSPS) is 12.8. The van der Waals surface area contributed by atoms with Crippen LogP contribution in [-0.2, 0) is 11.2 Å². The zero-order chi connectivity index (χ0) is 14.8. The first-order chi connectivity index (χ1) is 9.61. The molecule has 114 valence electrons. The molecule has 2 nitrogen and oxygen atoms in total. The zero-order valence-electron chi connectivity index (χ0n) is 13.6. The summed E-state index contributed by atoms with van der Waals surface area (Å²) >= 11 is 0. The second-order valence-corrected chi connectivity index (χ2v) is 5.96. The minimum Gasteiger partial charge on any atom is -0.382 e. The van der Waals surface area contributed by atoms with E-state index in [1.165, 1.54) is 17.5 Å². The van der Waals surface area contributed by atoms with E-state index in [1.807, 2.05) is 0 Å². The topological polar surface area (TPSA) is 21.3 Å². The monoisotopic (exact) mass is 277 g/mol. The molecule has 1 N–H and O–H groups in total. The van der Waals surface area contributed by atoms with Crippen LogP contribution >= 0.6 is 0 Å². The molecule has 0 spiro atoms. The van der Waals surface area contributed by atoms with E-state index in [9.17, 15) is 0 Å². The van der Waals surface area contributed by atoms with Crippen LogP contribution in [0.4, 0.5) is 0 Å². The highest BCUT2D eigenvalue weighted by Gasteiger charge is 2.10. The van der Waals surface area contributed by atoms with Crippen molar-refractivity contribution in [2.24, 2.45) is 5.92 Å². The van der Waals surface area contributed by atoms with Gasteiger partial charge < -0.3 is 10.1 Å². The van der Waals surface area contributed by atoms with E-state index in [0.29, 0.717) is 12.0 Å². The molecule has 0 heterocycles. The number of hydrogen-bond donors (Lipinski definition) is 1. The van der Waals surface area contributed by atoms with Crippen molar-refractivity contribution in [3.63, 3.8) is 0 Å². The zero-order valence-corrected chi connectivity index (χ0v) is 13.6. The van der Waals surface area contributed by atoms with E-state index in [-0.39, 0.29) is 0 Å². The summed E-state index contributed by atoms with van der Waals surface area (Å²) in [6.45, 7) is 11.5. The van der Waals surface area contributed by atoms with Crippen molar-refractivity contribution >= 4 is 0 Å². The van der Waals surface area contributed by atoms with Crippen molar-refractivity contribution in [1.29, 1.82) is 0 Å². The summed E-state index contributed by atoms with van der Waals surface area (Å²) in [7, 11) is 0. The molecule has 0 amide bonds. The van der Waals surface area contributed by atoms with E-state index in [0.717, 1.165) is 32.6 Å². The number of benzene rings is 1. The Labute approximate surface area is 124 Å². The molecule has 1 aromatic carbocycles. The molecule has 0 saturated heterocycles. The Hall–Kier alpha value is -0.860. The molecule has 20 heavy (non-hydrogen) atoms. The third-order valence-corrected chi connectivity index (χ3v) is 3.53. The van der Waals surface area contributed by atoms with Crippen LogP contribution in [-0.4, -0.2) is 25.8 Å². The molecule has 0 saturated carbocycles. The van der Waals surface area contributed by atoms with Crippen molar-refractivity contribution < 1.29 is 4.74 Å². The Morgan fingerprint density at radius 1 is 1.25 bits per heavy atom. The minimum atomic E-state index is 0.557. The average molecular weight is 277 g/mol. The Morgan fingerprint density at radius 3 is 2.70 bits per heavy atom. The quantitative estimate of drug-likeness (QED) is 0.653. The van der Waals surface area contributed by atoms with Gasteiger partial charge in [0.25, 0.3) is 0 Å². The first-order valence-electron chi connectivity index (χ1n) is 7.98. The second-order valence-electron chi connectivity index (χ2n) is 5.96. The van der Waals surface area contributed by atoms with Crippen LogP contribution in [0.3, 0.4) is 0 Å². The third kappa shape index (κ3) is 7.66. The van der Waals surface area contributed by atoms with Crippen LogP contribution in [0.1, 0.15) is 44.7 Å². The third-order valence-electron chi connectivity index (χ3n) is 3.53. The molecule has 0 radical (unpaired) electrons. The lowest BCUT2D eigenvalue weighted by molar-refractivity contribution is 0.139. The lowest BCUT2D eigenvalue weighted by Gasteiger charge is -2.19. The minimum absolute atomic E-state index is 0.557. The van der Waals surface area contributed by atoms with Gasteiger partial charge in [-0.2, -0.15) is 0 Å². The molecule has 0 aliphatic heterocycles. The van der Waals surface area contributed by atoms with Crippen LogP contribution in [0, 0.1) is 12.8 Å². The lowest BCUT2D eigenvalue weighted by atomic mass is 9.94. The molecule has 0 bridgehead atoms. The largest absolute Gasteiger partial charge is 0.382 e. The summed E-state index contributed by atoms with van der Waals surface area (Å²) in [4.78, 5) is 0. The van der Waals surface area contributed by atoms with E-state index in [1.54, 1.807) is 0 Å². The molecule has 2 heteroatoms. The van der Waals surface area contributed by atoms with E-state index in [2.05, 4.69) is 57.3 Å². The molecule has 1 aromatic rings. The van der Waals surface area contributed by atoms with Gasteiger partial charge in [0.2, 0.25) is 0 Å². The summed E-state index contributed by atoms with van der Waals surface area (Å²) in [5, 5.41) is 3.58. The van der Waals surface area contributed by atoms with Crippen molar-refractivity contribution in [1.82, 2.24) is 5.32 Å². The summed E-state index contributed by atoms with van der Waals surface area (Å²) in [5.74, 6) is 0.694. The van der Waals surface area contributed by atoms with E-state index in [4.69, 9.17) is 4.74 Å². The van der Waals surface area contributed by atoms with E-state index < -0.39 is 0 Å². The second kappa shape index (κ2) is 9.95. The maximum absolute atomic E-state index is 5.46. The predicted molar refractivity (Wildman–Crippen MR) is 87.2 cm³/mol. The number of hydrogen-bond acceptors (Lipinski definition) is 2. The molecule has 0 aliphatic carbocycles. The highest BCUT2D eigenvalue weighted by Crippen LogP contribution is 2.15. The summed E-state index contributed by atoms with van der Waals surface area (Å²) in [6.07, 6.45) is 3.55. The Balaban J connectivity index is 2.47. The van der Waals surface area contributed by atoms with Gasteiger partial charge in [-0.15, -0.1) is 0 Å². The standard InChI is InChI=1S/C18H31NO/c1-5-20-11-7-10-18(14-19-15(2)3)13-17-9-6-8-16(4)12-17/h6,8-9,12,15,18-19H,5,7,10-11,13-14H2,1-4H3. The van der Waals surface area contributed by atoms with Gasteiger partial charge in [0.15, 0.2) is 0 Å². The van der Waals surface area contributed by atoms with Gasteiger partial charge in [-0.25, -0.2) is 0 Å². The van der Waals surface area contributed by atoms with Crippen LogP contribution in [0.25, 0.3) is 0 Å². The number of aryl methyl sites for hydroxylation is 1. The van der Waals surface area contributed by atoms with Crippen LogP contribution in [0.5, 0.6) is 0 Å². The Morgan fingerprint density at radius 2 is 2.05 bits per heavy atom. The Bertz CT molecular complexity index is 362. The summed E-state index contributed by atoms with van der Waals surface area (Å²) in [5.41, 5.74) is 2.81. The SMILES string of the molecule is CCOCCCC(CNC(C)C)Cc1cccc(C)c1. The number of rotatable bonds is 10. The van der Waals surface area contributed by atoms with Crippen LogP contribution in [0.15, 0.2) is 24.3 Å². The van der Waals surface area contributed by atoms with Crippen molar-refractivity contribution in [3.8, 4) is 0 Å². The highest BCUT2D eigenvalue weighted by molar-refractivity contribution is 5.22. The maximum atomic E-state index is 5.46. The average Bonchev–Trinajstić information content (AvgIpc) is 2.40. The van der Waals surface area contributed by atoms with Crippen molar-refractivity contribution in [3.05, 3.63) is 35.4 Å². The lowest BCUT2D eigenvalue weighted by Crippen LogP contribution is -2.30. The fraction of sp³-hybridized carbons (Fsp3) is 0.667. The fourth-order valence-electron chi connectivity index (χ4n) is 2.47. The number of nitrogens with one attached hydrogen (secondary N) is 1. The molecular formula is C18H31NO. The maximum Gasteiger partial charge on any atom is 0.0466 e. The molecular weight excluding hydrogens is 246 g/mol. The van der Waals surface area contributed by atoms with Gasteiger partial charge in [0, 0.05) is 19.3 Å². The van der Waals surface area contributed by atoms with Gasteiger partial charge in [-0.3, -0.25) is 0 Å². The molecule has 1 rings (SSSR count). The summed E-state index contributed by atoms with van der Waals surface area (Å²) < 4.78 is 5.46. The molecule has 0 aromatic heterocycles. The van der Waals surface area contributed by atoms with Gasteiger partial charge in [-0.1, -0.05) is 43.7 Å². The van der Waals surface area contributed by atoms with Crippen LogP contribution in [0.2, 0.25) is 0 Å².